The predicted octanol–water partition coefficient (Wildman–Crippen LogP) is 4.05. The van der Waals surface area contributed by atoms with Gasteiger partial charge in [0, 0.05) is 5.56 Å². The number of thiocarbonyl (C=S) groups is 1. The average molecular weight is 368 g/mol. The third-order valence-electron chi connectivity index (χ3n) is 4.03. The lowest BCUT2D eigenvalue weighted by atomic mass is 10.1. The number of hydrogen-bond donors (Lipinski definition) is 0. The number of hydrazone groups is 1. The first-order chi connectivity index (χ1) is 13.3. The maximum Gasteiger partial charge on any atom is 0.222 e. The van der Waals surface area contributed by atoms with E-state index in [1.165, 1.54) is 0 Å². The molecule has 0 bridgehead atoms. The van der Waals surface area contributed by atoms with Gasteiger partial charge >= 0.3 is 0 Å². The van der Waals surface area contributed by atoms with Crippen LogP contribution < -0.4 is 15.4 Å². The molecule has 0 fully saturated rings. The van der Waals surface area contributed by atoms with Crippen LogP contribution in [0.5, 0.6) is 0 Å². The molecule has 129 valence electrons. The molecule has 0 amide bonds. The van der Waals surface area contributed by atoms with E-state index < -0.39 is 0 Å². The molecule has 0 saturated carbocycles. The van der Waals surface area contributed by atoms with Crippen LogP contribution in [0, 0.1) is 11.3 Å². The first-order valence-corrected chi connectivity index (χ1v) is 8.72. The number of benzene rings is 3. The van der Waals surface area contributed by atoms with Gasteiger partial charge in [-0.2, -0.15) is 5.26 Å². The molecule has 1 aliphatic rings. The molecule has 1 aliphatic heterocycles. The minimum atomic E-state index is 0.463. The van der Waals surface area contributed by atoms with Gasteiger partial charge in [0.25, 0.3) is 0 Å². The van der Waals surface area contributed by atoms with E-state index in [0.717, 1.165) is 16.9 Å². The van der Waals surface area contributed by atoms with Crippen LogP contribution in [-0.4, -0.2) is 10.9 Å². The van der Waals surface area contributed by atoms with Gasteiger partial charge in [0.15, 0.2) is 5.84 Å². The van der Waals surface area contributed by atoms with Crippen molar-refractivity contribution >= 4 is 34.5 Å². The van der Waals surface area contributed by atoms with Crippen molar-refractivity contribution < 1.29 is 0 Å². The lowest BCUT2D eigenvalue weighted by molar-refractivity contribution is 0.876. The largest absolute Gasteiger partial charge is 0.222 e. The average Bonchev–Trinajstić information content (AvgIpc) is 2.75. The van der Waals surface area contributed by atoms with Crippen LogP contribution in [0.4, 0.5) is 11.4 Å². The van der Waals surface area contributed by atoms with Crippen molar-refractivity contribution in [2.75, 3.05) is 10.0 Å². The standard InChI is InChI=1S/C21H14N5S/c22-15-16-11-13-17(14-12-16)20-23-25(18-7-3-1-4-8-18)21(27)26(24-20)19-9-5-2-6-10-19/h1-14H. The fourth-order valence-electron chi connectivity index (χ4n) is 2.67. The minimum absolute atomic E-state index is 0.463. The first kappa shape index (κ1) is 16.8. The molecule has 3 aromatic rings. The second-order valence-electron chi connectivity index (χ2n) is 5.79. The monoisotopic (exact) mass is 368 g/mol. The van der Waals surface area contributed by atoms with Gasteiger partial charge in [-0.3, -0.25) is 0 Å². The molecule has 6 heteroatoms. The summed E-state index contributed by atoms with van der Waals surface area (Å²) in [5, 5.41) is 17.5. The molecular formula is C21H14N5S. The van der Waals surface area contributed by atoms with Gasteiger partial charge in [-0.15, -0.1) is 10.5 Å². The van der Waals surface area contributed by atoms with E-state index in [2.05, 4.69) is 16.6 Å². The fraction of sp³-hybridized carbons (Fsp3) is 0. The van der Waals surface area contributed by atoms with Crippen molar-refractivity contribution in [1.82, 2.24) is 5.43 Å². The van der Waals surface area contributed by atoms with E-state index in [0.29, 0.717) is 16.5 Å². The van der Waals surface area contributed by atoms with Gasteiger partial charge < -0.3 is 0 Å². The summed E-state index contributed by atoms with van der Waals surface area (Å²) >= 11 is 5.66. The van der Waals surface area contributed by atoms with E-state index in [1.807, 2.05) is 72.8 Å². The summed E-state index contributed by atoms with van der Waals surface area (Å²) < 4.78 is 0. The number of rotatable bonds is 3. The summed E-state index contributed by atoms with van der Waals surface area (Å²) in [4.78, 5) is 0. The van der Waals surface area contributed by atoms with Crippen LogP contribution in [0.15, 0.2) is 90.0 Å². The molecule has 1 radical (unpaired) electrons. The molecule has 0 spiro atoms. The van der Waals surface area contributed by atoms with Crippen molar-refractivity contribution in [3.05, 3.63) is 96.1 Å². The molecule has 3 aromatic carbocycles. The van der Waals surface area contributed by atoms with Gasteiger partial charge in [0.1, 0.15) is 0 Å². The number of anilines is 2. The Hall–Kier alpha value is -3.69. The summed E-state index contributed by atoms with van der Waals surface area (Å²) in [5.41, 5.74) is 7.75. The Bertz CT molecular complexity index is 1020. The highest BCUT2D eigenvalue weighted by Crippen LogP contribution is 2.24. The Balaban J connectivity index is 1.79. The van der Waals surface area contributed by atoms with E-state index >= 15 is 0 Å². The molecular weight excluding hydrogens is 354 g/mol. The molecule has 0 N–H and O–H groups in total. The van der Waals surface area contributed by atoms with Gasteiger partial charge in [-0.05, 0) is 60.7 Å². The molecule has 0 saturated heterocycles. The maximum absolute atomic E-state index is 9.02. The lowest BCUT2D eigenvalue weighted by Gasteiger charge is -2.34. The van der Waals surface area contributed by atoms with Crippen molar-refractivity contribution in [2.24, 2.45) is 5.10 Å². The summed E-state index contributed by atoms with van der Waals surface area (Å²) in [7, 11) is 0. The Kier molecular flexibility index (Phi) is 4.52. The lowest BCUT2D eigenvalue weighted by Crippen LogP contribution is -2.52. The molecule has 0 aromatic heterocycles. The summed E-state index contributed by atoms with van der Waals surface area (Å²) in [6.07, 6.45) is 0. The Morgan fingerprint density at radius 2 is 1.30 bits per heavy atom. The minimum Gasteiger partial charge on any atom is -0.203 e. The van der Waals surface area contributed by atoms with E-state index in [9.17, 15) is 0 Å². The van der Waals surface area contributed by atoms with Crippen molar-refractivity contribution in [1.29, 1.82) is 5.26 Å². The van der Waals surface area contributed by atoms with Crippen LogP contribution in [0.3, 0.4) is 0 Å². The van der Waals surface area contributed by atoms with E-state index in [4.69, 9.17) is 17.5 Å². The second-order valence-corrected chi connectivity index (χ2v) is 6.16. The highest BCUT2D eigenvalue weighted by atomic mass is 32.1. The van der Waals surface area contributed by atoms with E-state index in [-0.39, 0.29) is 0 Å². The molecule has 0 atom stereocenters. The Morgan fingerprint density at radius 3 is 1.85 bits per heavy atom. The topological polar surface area (TPSA) is 56.7 Å². The third-order valence-corrected chi connectivity index (χ3v) is 4.37. The van der Waals surface area contributed by atoms with Crippen LogP contribution >= 0.6 is 12.2 Å². The predicted molar refractivity (Wildman–Crippen MR) is 110 cm³/mol. The second kappa shape index (κ2) is 7.28. The van der Waals surface area contributed by atoms with Crippen LogP contribution in [0.2, 0.25) is 0 Å². The maximum atomic E-state index is 9.02. The quantitative estimate of drug-likeness (QED) is 0.655. The molecule has 0 unspecified atom stereocenters. The number of nitriles is 1. The molecule has 4 rings (SSSR count). The zero-order chi connectivity index (χ0) is 18.6. The van der Waals surface area contributed by atoms with Crippen molar-refractivity contribution in [3.63, 3.8) is 0 Å². The Morgan fingerprint density at radius 1 is 0.741 bits per heavy atom. The molecule has 0 aliphatic carbocycles. The SMILES string of the molecule is N#Cc1ccc(C2=NN(c3ccccc3)C(=S)N(c3ccccc3)[N]2)cc1. The molecule has 27 heavy (non-hydrogen) atoms. The summed E-state index contributed by atoms with van der Waals surface area (Å²) in [5.74, 6) is 0.515. The Labute approximate surface area is 162 Å². The van der Waals surface area contributed by atoms with Gasteiger partial charge in [-0.25, -0.2) is 10.0 Å². The van der Waals surface area contributed by atoms with Crippen molar-refractivity contribution in [2.45, 2.75) is 0 Å². The van der Waals surface area contributed by atoms with Gasteiger partial charge in [0.2, 0.25) is 5.11 Å². The van der Waals surface area contributed by atoms with Gasteiger partial charge in [-0.1, -0.05) is 36.4 Å². The number of para-hydroxylation sites is 2. The number of nitrogens with zero attached hydrogens (tertiary/aromatic N) is 5. The first-order valence-electron chi connectivity index (χ1n) is 8.31. The van der Waals surface area contributed by atoms with Gasteiger partial charge in [0.05, 0.1) is 23.0 Å². The molecule has 1 heterocycles. The van der Waals surface area contributed by atoms with Crippen LogP contribution in [0.1, 0.15) is 11.1 Å². The van der Waals surface area contributed by atoms with Crippen molar-refractivity contribution in [3.8, 4) is 6.07 Å². The molecule has 5 nitrogen and oxygen atoms in total. The summed E-state index contributed by atoms with van der Waals surface area (Å²) in [6.45, 7) is 0. The third kappa shape index (κ3) is 3.36. The zero-order valence-corrected chi connectivity index (χ0v) is 15.0. The zero-order valence-electron chi connectivity index (χ0n) is 14.2. The van der Waals surface area contributed by atoms with Crippen LogP contribution in [0.25, 0.3) is 0 Å². The smallest absolute Gasteiger partial charge is 0.203 e. The normalized spacial score (nSPS) is 13.6. The van der Waals surface area contributed by atoms with E-state index in [1.54, 1.807) is 22.2 Å². The fourth-order valence-corrected chi connectivity index (χ4v) is 2.96. The number of amidine groups is 1. The highest BCUT2D eigenvalue weighted by molar-refractivity contribution is 7.80. The summed E-state index contributed by atoms with van der Waals surface area (Å²) in [6, 6.07) is 28.7. The van der Waals surface area contributed by atoms with Crippen LogP contribution in [-0.2, 0) is 0 Å². The highest BCUT2D eigenvalue weighted by Gasteiger charge is 2.29. The number of hydrogen-bond acceptors (Lipinski definition) is 3.